The second kappa shape index (κ2) is 22.5. The Labute approximate surface area is 562 Å². The van der Waals surface area contributed by atoms with Gasteiger partial charge in [0.1, 0.15) is 11.2 Å². The number of hydrogen-bond donors (Lipinski definition) is 0. The van der Waals surface area contributed by atoms with E-state index in [1.807, 2.05) is 0 Å². The van der Waals surface area contributed by atoms with E-state index in [4.69, 9.17) is 4.42 Å². The third kappa shape index (κ3) is 11.6. The van der Waals surface area contributed by atoms with Crippen molar-refractivity contribution in [3.8, 4) is 0 Å². The summed E-state index contributed by atoms with van der Waals surface area (Å²) in [5, 5.41) is 2.12. The number of rotatable bonds is 8. The maximum atomic E-state index is 7.27. The number of furan rings is 1. The minimum absolute atomic E-state index is 0.0280. The van der Waals surface area contributed by atoms with Crippen LogP contribution in [0.2, 0.25) is 0 Å². The summed E-state index contributed by atoms with van der Waals surface area (Å²) in [6, 6.07) is 79.7. The first-order chi connectivity index (χ1) is 44.0. The lowest BCUT2D eigenvalue weighted by molar-refractivity contribution is 0.590. The minimum Gasteiger partial charge on any atom is -0.456 e. The average molecular weight is 1240 g/mol. The van der Waals surface area contributed by atoms with E-state index in [9.17, 15) is 0 Å². The van der Waals surface area contributed by atoms with Crippen molar-refractivity contribution in [2.75, 3.05) is 19.6 Å². The maximum absolute atomic E-state index is 7.27. The lowest BCUT2D eigenvalue weighted by Crippen LogP contribution is -2.61. The molecular formula is C88H97BN4O. The van der Waals surface area contributed by atoms with E-state index < -0.39 is 0 Å². The van der Waals surface area contributed by atoms with Crippen molar-refractivity contribution in [3.63, 3.8) is 0 Å². The highest BCUT2D eigenvalue weighted by Crippen LogP contribution is 2.53. The van der Waals surface area contributed by atoms with Crippen molar-refractivity contribution in [2.24, 2.45) is 0 Å². The maximum Gasteiger partial charge on any atom is 0.252 e. The van der Waals surface area contributed by atoms with Gasteiger partial charge in [-0.2, -0.15) is 0 Å². The Kier molecular flexibility index (Phi) is 15.3. The van der Waals surface area contributed by atoms with E-state index in [-0.39, 0.29) is 44.6 Å². The fourth-order valence-corrected chi connectivity index (χ4v) is 14.2. The van der Waals surface area contributed by atoms with E-state index in [0.29, 0.717) is 0 Å². The lowest BCUT2D eigenvalue weighted by Gasteiger charge is -2.46. The molecule has 0 amide bonds. The molecule has 0 saturated carbocycles. The summed E-state index contributed by atoms with van der Waals surface area (Å²) in [7, 11) is 0. The number of para-hydroxylation sites is 1. The monoisotopic (exact) mass is 1240 g/mol. The molecule has 13 rings (SSSR count). The first-order valence-electron chi connectivity index (χ1n) is 34.2. The SMILES string of the molecule is CC(C)(C)c1ccc(N(c2ccc(C(C)(C)C)cc2)c2cc3c4c(c2)N(c2cc(N(c5ccc(C(C)(C)C)cc5)c5ccc(C(C)(C)C)cc5)cc5oc6ccccc6c25)c2ccc(C(C)(C)C)cc2B4c2cc(C(C)(C)C)ccc2N3c2ccc(C(C)(C)C)cc2)cc1. The zero-order valence-electron chi connectivity index (χ0n) is 59.9. The van der Waals surface area contributed by atoms with Crippen LogP contribution < -0.4 is 36.0 Å². The molecule has 0 spiro atoms. The van der Waals surface area contributed by atoms with Crippen LogP contribution in [0.1, 0.15) is 184 Å². The van der Waals surface area contributed by atoms with Crippen LogP contribution in [0.5, 0.6) is 0 Å². The summed E-state index contributed by atoms with van der Waals surface area (Å²) in [5.74, 6) is 0. The molecule has 10 aromatic carbocycles. The fraction of sp³-hybridized carbons (Fsp3) is 0.318. The van der Waals surface area contributed by atoms with Gasteiger partial charge >= 0.3 is 0 Å². The lowest BCUT2D eigenvalue weighted by atomic mass is 9.33. The molecule has 6 heteroatoms. The number of benzene rings is 10. The van der Waals surface area contributed by atoms with Crippen LogP contribution in [0.3, 0.4) is 0 Å². The van der Waals surface area contributed by atoms with Crippen LogP contribution >= 0.6 is 0 Å². The van der Waals surface area contributed by atoms with E-state index in [2.05, 4.69) is 371 Å². The molecule has 0 unspecified atom stereocenters. The molecule has 94 heavy (non-hydrogen) atoms. The van der Waals surface area contributed by atoms with Gasteiger partial charge in [0.05, 0.1) is 22.4 Å². The number of nitrogens with zero attached hydrogens (tertiary/aromatic N) is 4. The molecule has 0 bridgehead atoms. The third-order valence-electron chi connectivity index (χ3n) is 19.9. The van der Waals surface area contributed by atoms with E-state index in [1.165, 1.54) is 61.0 Å². The Morgan fingerprint density at radius 3 is 0.979 bits per heavy atom. The topological polar surface area (TPSA) is 26.1 Å². The van der Waals surface area contributed by atoms with Gasteiger partial charge in [-0.25, -0.2) is 0 Å². The molecule has 0 atom stereocenters. The predicted molar refractivity (Wildman–Crippen MR) is 408 cm³/mol. The van der Waals surface area contributed by atoms with Crippen molar-refractivity contribution in [1.29, 1.82) is 0 Å². The van der Waals surface area contributed by atoms with E-state index in [1.54, 1.807) is 0 Å². The highest BCUT2D eigenvalue weighted by Gasteiger charge is 2.46. The predicted octanol–water partition coefficient (Wildman–Crippen LogP) is 23.7. The molecule has 1 aromatic heterocycles. The Bertz CT molecular complexity index is 4560. The molecule has 478 valence electrons. The first kappa shape index (κ1) is 64.0. The summed E-state index contributed by atoms with van der Waals surface area (Å²) in [5.41, 5.74) is 27.2. The van der Waals surface area contributed by atoms with Crippen LogP contribution in [0, 0.1) is 0 Å². The van der Waals surface area contributed by atoms with Gasteiger partial charge < -0.3 is 24.0 Å². The van der Waals surface area contributed by atoms with Crippen LogP contribution in [0.15, 0.2) is 211 Å². The first-order valence-corrected chi connectivity index (χ1v) is 34.2. The van der Waals surface area contributed by atoms with Gasteiger partial charge in [-0.05, 0) is 190 Å². The molecule has 0 saturated heterocycles. The zero-order valence-corrected chi connectivity index (χ0v) is 59.9. The van der Waals surface area contributed by atoms with Gasteiger partial charge in [-0.1, -0.05) is 249 Å². The molecular weight excluding hydrogens is 1140 g/mol. The van der Waals surface area contributed by atoms with Gasteiger partial charge in [0, 0.05) is 62.6 Å². The van der Waals surface area contributed by atoms with Gasteiger partial charge in [0.25, 0.3) is 6.71 Å². The van der Waals surface area contributed by atoms with Crippen LogP contribution in [0.4, 0.5) is 68.2 Å². The van der Waals surface area contributed by atoms with Gasteiger partial charge in [0.15, 0.2) is 0 Å². The second-order valence-electron chi connectivity index (χ2n) is 34.1. The molecule has 3 heterocycles. The van der Waals surface area contributed by atoms with Gasteiger partial charge in [-0.3, -0.25) is 0 Å². The van der Waals surface area contributed by atoms with Gasteiger partial charge in [-0.15, -0.1) is 0 Å². The number of hydrogen-bond acceptors (Lipinski definition) is 5. The Morgan fingerprint density at radius 2 is 0.596 bits per heavy atom. The highest BCUT2D eigenvalue weighted by molar-refractivity contribution is 7.00. The number of fused-ring (bicyclic) bond motifs is 7. The molecule has 0 aliphatic carbocycles. The van der Waals surface area contributed by atoms with Crippen LogP contribution in [-0.2, 0) is 37.9 Å². The molecule has 11 aromatic rings. The average Bonchev–Trinajstić information content (AvgIpc) is 0.816. The quantitative estimate of drug-likeness (QED) is 0.141. The number of anilines is 12. The normalized spacial score (nSPS) is 13.7. The Morgan fingerprint density at radius 1 is 0.277 bits per heavy atom. The van der Waals surface area contributed by atoms with Gasteiger partial charge in [0.2, 0.25) is 0 Å². The minimum atomic E-state index is -0.153. The summed E-state index contributed by atoms with van der Waals surface area (Å²) < 4.78 is 7.27. The van der Waals surface area contributed by atoms with Crippen molar-refractivity contribution >= 4 is 113 Å². The second-order valence-corrected chi connectivity index (χ2v) is 34.1. The summed E-state index contributed by atoms with van der Waals surface area (Å²) in [6.07, 6.45) is 0. The van der Waals surface area contributed by atoms with E-state index >= 15 is 0 Å². The van der Waals surface area contributed by atoms with Crippen LogP contribution in [0.25, 0.3) is 21.9 Å². The fourth-order valence-electron chi connectivity index (χ4n) is 14.2. The van der Waals surface area contributed by atoms with Crippen molar-refractivity contribution in [1.82, 2.24) is 0 Å². The smallest absolute Gasteiger partial charge is 0.252 e. The zero-order chi connectivity index (χ0) is 67.1. The van der Waals surface area contributed by atoms with Crippen LogP contribution in [-0.4, -0.2) is 6.71 Å². The summed E-state index contributed by atoms with van der Waals surface area (Å²) in [6.45, 7) is 48.5. The molecule has 2 aliphatic rings. The molecule has 0 N–H and O–H groups in total. The molecule has 0 radical (unpaired) electrons. The van der Waals surface area contributed by atoms with Crippen molar-refractivity contribution in [3.05, 3.63) is 245 Å². The van der Waals surface area contributed by atoms with Crippen molar-refractivity contribution < 1.29 is 4.42 Å². The highest BCUT2D eigenvalue weighted by atomic mass is 16.3. The standard InChI is InChI=1S/C88H97BN4O/c1-82(2,3)56-26-38-63(39-27-56)90(64-40-28-57(29-41-64)83(4,5)6)68-53-76-81-77(54-68)93(74-49-37-62(88(19,20)21)51-72(74)89(81)71-50-61(87(16,17)18)36-48-73(71)92(76)67-46-34-60(35-47-67)86(13,14)15)75-52-69(55-79-80(75)70-24-22-23-25-78(70)94-79)91(65-42-30-58(31-43-65)84(7,8)9)66-44-32-59(33-45-66)85(10,11)12/h22-55H,1-21H3. The largest absolute Gasteiger partial charge is 0.456 e. The summed E-state index contributed by atoms with van der Waals surface area (Å²) in [4.78, 5) is 10.2. The van der Waals surface area contributed by atoms with Crippen molar-refractivity contribution in [2.45, 2.75) is 183 Å². The third-order valence-corrected chi connectivity index (χ3v) is 19.9. The summed E-state index contributed by atoms with van der Waals surface area (Å²) >= 11 is 0. The van der Waals surface area contributed by atoms with E-state index in [0.717, 1.165) is 84.5 Å². The molecule has 5 nitrogen and oxygen atoms in total. The Hall–Kier alpha value is -8.74. The Balaban J connectivity index is 1.19. The molecule has 2 aliphatic heterocycles. The molecule has 0 fully saturated rings.